The lowest BCUT2D eigenvalue weighted by Gasteiger charge is -2.16. The zero-order valence-corrected chi connectivity index (χ0v) is 15.1. The van der Waals surface area contributed by atoms with Gasteiger partial charge in [-0.15, -0.1) is 11.3 Å². The summed E-state index contributed by atoms with van der Waals surface area (Å²) in [5, 5.41) is 5.26. The molecule has 1 N–H and O–H groups in total. The van der Waals surface area contributed by atoms with E-state index >= 15 is 0 Å². The summed E-state index contributed by atoms with van der Waals surface area (Å²) in [4.78, 5) is 41.6. The van der Waals surface area contributed by atoms with Gasteiger partial charge < -0.3 is 19.4 Å². The standard InChI is InChI=1S/C17H19N3O5S/c1-24-15(22)5-7-20-6-4-12(17(20)23)19-14(21)9-11-10-26-16(18-11)13-3-2-8-25-13/h2-3,8,10,12H,4-7,9H2,1H3,(H,19,21)/t12-/m1/s1. The molecular formula is C17H19N3O5S. The number of likely N-dealkylation sites (tertiary alicyclic amines) is 1. The Bertz CT molecular complexity index is 786. The monoisotopic (exact) mass is 377 g/mol. The Morgan fingerprint density at radius 2 is 2.35 bits per heavy atom. The quantitative estimate of drug-likeness (QED) is 0.728. The fourth-order valence-corrected chi connectivity index (χ4v) is 3.52. The van der Waals surface area contributed by atoms with Crippen molar-refractivity contribution in [3.05, 3.63) is 29.5 Å². The lowest BCUT2D eigenvalue weighted by atomic mass is 10.2. The fourth-order valence-electron chi connectivity index (χ4n) is 2.73. The van der Waals surface area contributed by atoms with E-state index in [1.807, 2.05) is 6.07 Å². The second kappa shape index (κ2) is 8.13. The molecule has 138 valence electrons. The predicted molar refractivity (Wildman–Crippen MR) is 93.3 cm³/mol. The Hall–Kier alpha value is -2.68. The number of hydrogen-bond acceptors (Lipinski definition) is 7. The molecule has 2 aromatic rings. The van der Waals surface area contributed by atoms with E-state index in [0.29, 0.717) is 36.0 Å². The van der Waals surface area contributed by atoms with Crippen molar-refractivity contribution in [3.63, 3.8) is 0 Å². The Morgan fingerprint density at radius 3 is 3.08 bits per heavy atom. The summed E-state index contributed by atoms with van der Waals surface area (Å²) < 4.78 is 9.86. The molecule has 3 heterocycles. The lowest BCUT2D eigenvalue weighted by molar-refractivity contribution is -0.141. The molecule has 8 nitrogen and oxygen atoms in total. The molecule has 0 spiro atoms. The van der Waals surface area contributed by atoms with E-state index < -0.39 is 6.04 Å². The molecule has 0 bridgehead atoms. The number of ether oxygens (including phenoxy) is 1. The van der Waals surface area contributed by atoms with E-state index in [2.05, 4.69) is 15.0 Å². The molecule has 1 aliphatic heterocycles. The van der Waals surface area contributed by atoms with Crippen molar-refractivity contribution >= 4 is 29.1 Å². The number of esters is 1. The molecule has 0 aromatic carbocycles. The zero-order valence-electron chi connectivity index (χ0n) is 14.3. The van der Waals surface area contributed by atoms with Crippen molar-refractivity contribution in [2.24, 2.45) is 0 Å². The third-order valence-corrected chi connectivity index (χ3v) is 4.98. The second-order valence-corrected chi connectivity index (χ2v) is 6.72. The minimum atomic E-state index is -0.552. The first-order chi connectivity index (χ1) is 12.6. The van der Waals surface area contributed by atoms with E-state index in [1.165, 1.54) is 18.4 Å². The molecule has 1 saturated heterocycles. The van der Waals surface area contributed by atoms with Crippen molar-refractivity contribution in [2.75, 3.05) is 20.2 Å². The molecule has 2 amide bonds. The predicted octanol–water partition coefficient (Wildman–Crippen LogP) is 1.23. The van der Waals surface area contributed by atoms with E-state index in [0.717, 1.165) is 0 Å². The molecular weight excluding hydrogens is 358 g/mol. The van der Waals surface area contributed by atoms with Crippen LogP contribution in [-0.4, -0.2) is 53.9 Å². The van der Waals surface area contributed by atoms with E-state index in [4.69, 9.17) is 4.42 Å². The number of thiazole rings is 1. The van der Waals surface area contributed by atoms with Crippen LogP contribution in [0.1, 0.15) is 18.5 Å². The number of amides is 2. The Kier molecular flexibility index (Phi) is 5.67. The van der Waals surface area contributed by atoms with Crippen LogP contribution < -0.4 is 5.32 Å². The van der Waals surface area contributed by atoms with Crippen molar-refractivity contribution in [3.8, 4) is 10.8 Å². The van der Waals surface area contributed by atoms with Gasteiger partial charge in [-0.05, 0) is 18.6 Å². The summed E-state index contributed by atoms with van der Waals surface area (Å²) in [6.45, 7) is 0.816. The van der Waals surface area contributed by atoms with Gasteiger partial charge in [-0.25, -0.2) is 4.98 Å². The number of nitrogens with one attached hydrogen (secondary N) is 1. The number of rotatable bonds is 7. The smallest absolute Gasteiger partial charge is 0.307 e. The van der Waals surface area contributed by atoms with Crippen LogP contribution in [0.3, 0.4) is 0 Å². The number of methoxy groups -OCH3 is 1. The maximum absolute atomic E-state index is 12.3. The van der Waals surface area contributed by atoms with Crippen LogP contribution >= 0.6 is 11.3 Å². The summed E-state index contributed by atoms with van der Waals surface area (Å²) in [5.41, 5.74) is 0.631. The van der Waals surface area contributed by atoms with Crippen LogP contribution in [-0.2, 0) is 25.5 Å². The number of hydrogen-bond donors (Lipinski definition) is 1. The van der Waals surface area contributed by atoms with Gasteiger partial charge in [-0.2, -0.15) is 0 Å². The molecule has 9 heteroatoms. The molecule has 1 atom stereocenters. The first-order valence-corrected chi connectivity index (χ1v) is 9.08. The SMILES string of the molecule is COC(=O)CCN1CC[C@@H](NC(=O)Cc2csc(-c3ccco3)n2)C1=O. The van der Waals surface area contributed by atoms with Gasteiger partial charge in [-0.1, -0.05) is 0 Å². The Labute approximate surface area is 154 Å². The third-order valence-electron chi connectivity index (χ3n) is 4.07. The highest BCUT2D eigenvalue weighted by Gasteiger charge is 2.32. The van der Waals surface area contributed by atoms with Gasteiger partial charge >= 0.3 is 5.97 Å². The number of carbonyl (C=O) groups excluding carboxylic acids is 3. The van der Waals surface area contributed by atoms with Crippen LogP contribution in [0.4, 0.5) is 0 Å². The zero-order chi connectivity index (χ0) is 18.5. The average Bonchev–Trinajstić information content (AvgIpc) is 3.36. The van der Waals surface area contributed by atoms with Gasteiger partial charge in [0.1, 0.15) is 6.04 Å². The maximum Gasteiger partial charge on any atom is 0.307 e. The molecule has 1 aliphatic rings. The van der Waals surface area contributed by atoms with Crippen molar-refractivity contribution < 1.29 is 23.5 Å². The summed E-state index contributed by atoms with van der Waals surface area (Å²) in [6, 6.07) is 3.03. The van der Waals surface area contributed by atoms with Gasteiger partial charge in [0, 0.05) is 18.5 Å². The number of aromatic nitrogens is 1. The molecule has 26 heavy (non-hydrogen) atoms. The molecule has 1 fully saturated rings. The first-order valence-electron chi connectivity index (χ1n) is 8.20. The normalized spacial score (nSPS) is 16.7. The number of nitrogens with zero attached hydrogens (tertiary/aromatic N) is 2. The van der Waals surface area contributed by atoms with Gasteiger partial charge in [0.2, 0.25) is 11.8 Å². The van der Waals surface area contributed by atoms with Gasteiger partial charge in [0.15, 0.2) is 10.8 Å². The van der Waals surface area contributed by atoms with Crippen LogP contribution in [0.2, 0.25) is 0 Å². The molecule has 0 radical (unpaired) electrons. The van der Waals surface area contributed by atoms with E-state index in [1.54, 1.807) is 22.6 Å². The van der Waals surface area contributed by atoms with E-state index in [-0.39, 0.29) is 30.6 Å². The minimum absolute atomic E-state index is 0.100. The maximum atomic E-state index is 12.3. The minimum Gasteiger partial charge on any atom is -0.469 e. The molecule has 3 rings (SSSR count). The molecule has 2 aromatic heterocycles. The average molecular weight is 377 g/mol. The van der Waals surface area contributed by atoms with Crippen LogP contribution in [0.15, 0.2) is 28.2 Å². The fraction of sp³-hybridized carbons (Fsp3) is 0.412. The van der Waals surface area contributed by atoms with Gasteiger partial charge in [0.25, 0.3) is 0 Å². The summed E-state index contributed by atoms with van der Waals surface area (Å²) in [5.74, 6) is -0.124. The highest BCUT2D eigenvalue weighted by Crippen LogP contribution is 2.24. The lowest BCUT2D eigenvalue weighted by Crippen LogP contribution is -2.42. The van der Waals surface area contributed by atoms with Crippen LogP contribution in [0, 0.1) is 0 Å². The number of furan rings is 1. The van der Waals surface area contributed by atoms with Crippen molar-refractivity contribution in [2.45, 2.75) is 25.3 Å². The summed E-state index contributed by atoms with van der Waals surface area (Å²) in [7, 11) is 1.31. The highest BCUT2D eigenvalue weighted by molar-refractivity contribution is 7.13. The largest absolute Gasteiger partial charge is 0.469 e. The van der Waals surface area contributed by atoms with Gasteiger partial charge in [-0.3, -0.25) is 14.4 Å². The topological polar surface area (TPSA) is 102 Å². The van der Waals surface area contributed by atoms with Gasteiger partial charge in [0.05, 0.1) is 31.9 Å². The van der Waals surface area contributed by atoms with Crippen LogP contribution in [0.5, 0.6) is 0 Å². The number of carbonyl (C=O) groups is 3. The Morgan fingerprint density at radius 1 is 1.50 bits per heavy atom. The third kappa shape index (κ3) is 4.29. The Balaban J connectivity index is 1.49. The molecule has 0 saturated carbocycles. The molecule has 0 aliphatic carbocycles. The highest BCUT2D eigenvalue weighted by atomic mass is 32.1. The summed E-state index contributed by atoms with van der Waals surface area (Å²) in [6.07, 6.45) is 2.35. The van der Waals surface area contributed by atoms with Crippen molar-refractivity contribution in [1.82, 2.24) is 15.2 Å². The first kappa shape index (κ1) is 18.1. The molecule has 0 unspecified atom stereocenters. The summed E-state index contributed by atoms with van der Waals surface area (Å²) >= 11 is 1.40. The van der Waals surface area contributed by atoms with Crippen LogP contribution in [0.25, 0.3) is 10.8 Å². The van der Waals surface area contributed by atoms with E-state index in [9.17, 15) is 14.4 Å². The van der Waals surface area contributed by atoms with Crippen molar-refractivity contribution in [1.29, 1.82) is 0 Å². The second-order valence-electron chi connectivity index (χ2n) is 5.86.